The van der Waals surface area contributed by atoms with Gasteiger partial charge in [-0.15, -0.1) is 0 Å². The van der Waals surface area contributed by atoms with Crippen molar-refractivity contribution in [1.29, 1.82) is 0 Å². The monoisotopic (exact) mass is 703 g/mol. The molecule has 2 N–H and O–H groups in total. The Hall–Kier alpha value is -2.50. The molecule has 256 valence electrons. The second-order valence-electron chi connectivity index (χ2n) is 14.2. The van der Waals surface area contributed by atoms with E-state index < -0.39 is 20.2 Å². The summed E-state index contributed by atoms with van der Waals surface area (Å²) >= 11 is 7.21. The molecule has 0 spiro atoms. The Morgan fingerprint density at radius 3 is 2.23 bits per heavy atom. The minimum atomic E-state index is -4.04. The smallest absolute Gasteiger partial charge is 0.265 e. The van der Waals surface area contributed by atoms with Gasteiger partial charge in [-0.25, -0.2) is 0 Å². The predicted molar refractivity (Wildman–Crippen MR) is 190 cm³/mol. The quantitative estimate of drug-likeness (QED) is 0.162. The molecule has 8 nitrogen and oxygen atoms in total. The van der Waals surface area contributed by atoms with Crippen molar-refractivity contribution in [3.05, 3.63) is 82.0 Å². The molecule has 0 saturated heterocycles. The van der Waals surface area contributed by atoms with Crippen LogP contribution >= 0.6 is 11.6 Å². The van der Waals surface area contributed by atoms with E-state index in [9.17, 15) is 25.9 Å². The molecule has 1 aliphatic carbocycles. The molecule has 2 aromatic carbocycles. The zero-order valence-electron chi connectivity index (χ0n) is 27.9. The molecule has 2 heterocycles. The number of para-hydroxylation sites is 2. The molecule has 47 heavy (non-hydrogen) atoms. The highest BCUT2D eigenvalue weighted by Crippen LogP contribution is 2.49. The first kappa shape index (κ1) is 35.8. The Bertz CT molecular complexity index is 1830. The summed E-state index contributed by atoms with van der Waals surface area (Å²) in [6.07, 6.45) is 8.35. The molecule has 0 fully saturated rings. The standard InChI is InChI=1S/C36H47ClN2O6S2/c1-35(2)28-14-5-7-16-30(28)38(22-10-24-46(40,41)42)32(35)20-18-26-12-9-13-27(34(26)37)19-21-33-36(3,4)29-15-6-8-17-31(29)39(33)23-11-25-47(43,44)45/h5-8,14-17,20,26H,9-13,18-19,21-25H2,1-4H3,(H-,40,41,42,43,44,45)/p+1. The Morgan fingerprint density at radius 1 is 0.894 bits per heavy atom. The molecule has 3 aliphatic rings. The lowest BCUT2D eigenvalue weighted by molar-refractivity contribution is -0.439. The number of benzene rings is 2. The van der Waals surface area contributed by atoms with E-state index in [4.69, 9.17) is 11.6 Å². The topological polar surface area (TPSA) is 115 Å². The van der Waals surface area contributed by atoms with Crippen LogP contribution in [-0.2, 0) is 31.1 Å². The van der Waals surface area contributed by atoms with Crippen LogP contribution in [0.2, 0.25) is 0 Å². The van der Waals surface area contributed by atoms with Crippen LogP contribution in [0.5, 0.6) is 0 Å². The number of hydrogen-bond acceptors (Lipinski definition) is 5. The largest absolute Gasteiger partial charge is 0.344 e. The van der Waals surface area contributed by atoms with Crippen LogP contribution in [0.3, 0.4) is 0 Å². The summed E-state index contributed by atoms with van der Waals surface area (Å²) in [5, 5.41) is 0.936. The molecule has 0 radical (unpaired) electrons. The van der Waals surface area contributed by atoms with E-state index in [1.165, 1.54) is 22.4 Å². The van der Waals surface area contributed by atoms with Gasteiger partial charge in [-0.2, -0.15) is 21.4 Å². The van der Waals surface area contributed by atoms with Gasteiger partial charge < -0.3 is 4.90 Å². The van der Waals surface area contributed by atoms with Crippen LogP contribution in [0.4, 0.5) is 11.4 Å². The highest BCUT2D eigenvalue weighted by atomic mass is 35.5. The second kappa shape index (κ2) is 13.8. The van der Waals surface area contributed by atoms with E-state index in [1.54, 1.807) is 0 Å². The number of allylic oxidation sites excluding steroid dienone is 4. The maximum atomic E-state index is 11.5. The lowest BCUT2D eigenvalue weighted by atomic mass is 9.78. The number of anilines is 1. The van der Waals surface area contributed by atoms with Crippen molar-refractivity contribution in [2.24, 2.45) is 5.92 Å². The fraction of sp³-hybridized carbons (Fsp3) is 0.528. The maximum Gasteiger partial charge on any atom is 0.265 e. The molecule has 1 atom stereocenters. The summed E-state index contributed by atoms with van der Waals surface area (Å²) in [6.45, 7) is 9.84. The Morgan fingerprint density at radius 2 is 1.53 bits per heavy atom. The molecule has 0 amide bonds. The van der Waals surface area contributed by atoms with Gasteiger partial charge in [-0.05, 0) is 69.9 Å². The van der Waals surface area contributed by atoms with E-state index in [0.717, 1.165) is 60.6 Å². The van der Waals surface area contributed by atoms with Gasteiger partial charge >= 0.3 is 0 Å². The van der Waals surface area contributed by atoms with Crippen LogP contribution in [0.1, 0.15) is 90.2 Å². The molecule has 1 unspecified atom stereocenters. The zero-order chi connectivity index (χ0) is 34.2. The number of fused-ring (bicyclic) bond motifs is 2. The SMILES string of the molecule is CC1(C)C(=CCC2CCCC(CCC3=[N+](CCCS(=O)(=O)O)c4ccccc4C3(C)C)=C2Cl)N(CCCS(=O)(=O)O)c2ccccc21. The molecule has 11 heteroatoms. The van der Waals surface area contributed by atoms with Crippen molar-refractivity contribution >= 4 is 48.9 Å². The van der Waals surface area contributed by atoms with Gasteiger partial charge in [-0.1, -0.05) is 73.5 Å². The molecular weight excluding hydrogens is 656 g/mol. The Balaban J connectivity index is 1.36. The third kappa shape index (κ3) is 7.88. The third-order valence-electron chi connectivity index (χ3n) is 10.3. The van der Waals surface area contributed by atoms with Crippen molar-refractivity contribution in [3.8, 4) is 0 Å². The molecular formula is C36H48ClN2O6S2+. The van der Waals surface area contributed by atoms with Gasteiger partial charge in [0, 0.05) is 52.8 Å². The predicted octanol–water partition coefficient (Wildman–Crippen LogP) is 7.76. The van der Waals surface area contributed by atoms with E-state index in [2.05, 4.69) is 67.5 Å². The van der Waals surface area contributed by atoms with Gasteiger partial charge in [0.25, 0.3) is 20.2 Å². The van der Waals surface area contributed by atoms with Crippen molar-refractivity contribution in [2.75, 3.05) is 29.5 Å². The molecule has 0 saturated carbocycles. The lowest BCUT2D eigenvalue weighted by Crippen LogP contribution is -2.30. The molecule has 2 aliphatic heterocycles. The second-order valence-corrected chi connectivity index (χ2v) is 17.7. The summed E-state index contributed by atoms with van der Waals surface area (Å²) in [6, 6.07) is 16.5. The number of hydrogen-bond donors (Lipinski definition) is 2. The minimum Gasteiger partial charge on any atom is -0.344 e. The van der Waals surface area contributed by atoms with Gasteiger partial charge in [-0.3, -0.25) is 9.11 Å². The van der Waals surface area contributed by atoms with Gasteiger partial charge in [0.2, 0.25) is 5.69 Å². The molecule has 2 aromatic rings. The van der Waals surface area contributed by atoms with Gasteiger partial charge in [0.05, 0.1) is 16.9 Å². The first-order valence-corrected chi connectivity index (χ1v) is 20.2. The fourth-order valence-corrected chi connectivity index (χ4v) is 9.30. The number of halogens is 1. The zero-order valence-corrected chi connectivity index (χ0v) is 30.3. The highest BCUT2D eigenvalue weighted by molar-refractivity contribution is 7.86. The van der Waals surface area contributed by atoms with E-state index >= 15 is 0 Å². The van der Waals surface area contributed by atoms with Gasteiger partial charge in [0.1, 0.15) is 6.54 Å². The van der Waals surface area contributed by atoms with E-state index in [1.807, 2.05) is 24.3 Å². The Labute approximate surface area is 285 Å². The number of nitrogens with zero attached hydrogens (tertiary/aromatic N) is 2. The summed E-state index contributed by atoms with van der Waals surface area (Å²) in [7, 11) is -8.07. The van der Waals surface area contributed by atoms with Crippen LogP contribution in [0.25, 0.3) is 0 Å². The van der Waals surface area contributed by atoms with Crippen LogP contribution in [0, 0.1) is 5.92 Å². The van der Waals surface area contributed by atoms with Gasteiger partial charge in [0.15, 0.2) is 5.71 Å². The summed E-state index contributed by atoms with van der Waals surface area (Å²) < 4.78 is 66.8. The van der Waals surface area contributed by atoms with E-state index in [-0.39, 0.29) is 28.3 Å². The highest BCUT2D eigenvalue weighted by Gasteiger charge is 2.45. The average molecular weight is 704 g/mol. The summed E-state index contributed by atoms with van der Waals surface area (Å²) in [5.41, 5.74) is 7.74. The summed E-state index contributed by atoms with van der Waals surface area (Å²) in [4.78, 5) is 2.20. The molecule has 0 aromatic heterocycles. The maximum absolute atomic E-state index is 11.5. The first-order valence-electron chi connectivity index (χ1n) is 16.6. The number of rotatable bonds is 13. The van der Waals surface area contributed by atoms with Crippen molar-refractivity contribution in [1.82, 2.24) is 0 Å². The Kier molecular flexibility index (Phi) is 10.5. The van der Waals surface area contributed by atoms with Crippen molar-refractivity contribution < 1.29 is 30.5 Å². The third-order valence-corrected chi connectivity index (χ3v) is 12.5. The normalized spacial score (nSPS) is 21.5. The van der Waals surface area contributed by atoms with Crippen molar-refractivity contribution in [2.45, 2.75) is 89.9 Å². The minimum absolute atomic E-state index is 0.191. The van der Waals surface area contributed by atoms with Crippen molar-refractivity contribution in [3.63, 3.8) is 0 Å². The fourth-order valence-electron chi connectivity index (χ4n) is 7.92. The first-order chi connectivity index (χ1) is 22.0. The molecule has 0 bridgehead atoms. The average Bonchev–Trinajstić information content (AvgIpc) is 3.33. The molecule has 5 rings (SSSR count). The van der Waals surface area contributed by atoms with Crippen LogP contribution in [-0.4, -0.2) is 60.8 Å². The summed E-state index contributed by atoms with van der Waals surface area (Å²) in [5.74, 6) is -0.358. The lowest BCUT2D eigenvalue weighted by Gasteiger charge is -2.29. The van der Waals surface area contributed by atoms with Crippen LogP contribution in [0.15, 0.2) is 70.9 Å². The van der Waals surface area contributed by atoms with E-state index in [0.29, 0.717) is 25.9 Å². The van der Waals surface area contributed by atoms with Crippen LogP contribution < -0.4 is 4.90 Å².